The van der Waals surface area contributed by atoms with Gasteiger partial charge in [0.15, 0.2) is 0 Å². The molecule has 2 bridgehead atoms. The van der Waals surface area contributed by atoms with Gasteiger partial charge in [-0.15, -0.1) is 0 Å². The number of nitrogens with zero attached hydrogens (tertiary/aromatic N) is 4. The molecule has 4 fully saturated rings. The van der Waals surface area contributed by atoms with E-state index in [2.05, 4.69) is 14.9 Å². The lowest BCUT2D eigenvalue weighted by molar-refractivity contribution is -0.224. The number of aliphatic hydroxyl groups excluding tert-OH is 1. The van der Waals surface area contributed by atoms with Gasteiger partial charge in [0.1, 0.15) is 18.2 Å². The minimum Gasteiger partial charge on any atom is -0.388 e. The number of rotatable bonds is 4. The molecule has 0 radical (unpaired) electrons. The van der Waals surface area contributed by atoms with E-state index in [-0.39, 0.29) is 41.8 Å². The number of likely N-dealkylation sites (tertiary alicyclic amines) is 1. The molecule has 3 heterocycles. The monoisotopic (exact) mass is 443 g/mol. The first-order valence-electron chi connectivity index (χ1n) is 10.1. The molecule has 1 saturated heterocycles. The quantitative estimate of drug-likeness (QED) is 0.709. The van der Waals surface area contributed by atoms with Crippen molar-refractivity contribution in [3.8, 4) is 11.3 Å². The van der Waals surface area contributed by atoms with Crippen LogP contribution in [0, 0.1) is 0 Å². The Kier molecular flexibility index (Phi) is 4.24. The Morgan fingerprint density at radius 2 is 1.74 bits per heavy atom. The fourth-order valence-corrected chi connectivity index (χ4v) is 5.50. The highest BCUT2D eigenvalue weighted by Gasteiger charge is 2.71. The van der Waals surface area contributed by atoms with Crippen molar-refractivity contribution in [2.24, 2.45) is 0 Å². The second-order valence-electron chi connectivity index (χ2n) is 9.05. The van der Waals surface area contributed by atoms with E-state index in [0.717, 1.165) is 25.3 Å². The van der Waals surface area contributed by atoms with Gasteiger partial charge in [0.05, 0.1) is 16.8 Å². The SMILES string of the molecule is Nc1ncc(-c2cn(C34CC(N5CCC(F)(F)CC5)(C3)C4)c(CO)n2)cc1C(F)(F)F. The molecule has 6 nitrogen and oxygen atoms in total. The maximum absolute atomic E-state index is 13.5. The van der Waals surface area contributed by atoms with E-state index in [0.29, 0.717) is 18.9 Å². The van der Waals surface area contributed by atoms with E-state index in [1.807, 2.05) is 4.57 Å². The normalized spacial score (nSPS) is 30.0. The topological polar surface area (TPSA) is 80.2 Å². The molecule has 0 aromatic carbocycles. The van der Waals surface area contributed by atoms with Gasteiger partial charge in [-0.2, -0.15) is 13.2 Å². The van der Waals surface area contributed by atoms with Crippen molar-refractivity contribution in [1.29, 1.82) is 0 Å². The van der Waals surface area contributed by atoms with Crippen LogP contribution in [0.3, 0.4) is 0 Å². The van der Waals surface area contributed by atoms with Crippen LogP contribution < -0.4 is 5.73 Å². The van der Waals surface area contributed by atoms with Gasteiger partial charge in [-0.3, -0.25) is 4.90 Å². The molecule has 31 heavy (non-hydrogen) atoms. The maximum atomic E-state index is 13.5. The van der Waals surface area contributed by atoms with E-state index in [4.69, 9.17) is 5.73 Å². The third-order valence-electron chi connectivity index (χ3n) is 7.09. The van der Waals surface area contributed by atoms with Gasteiger partial charge in [-0.05, 0) is 25.3 Å². The number of anilines is 1. The van der Waals surface area contributed by atoms with Crippen LogP contribution in [0.5, 0.6) is 0 Å². The maximum Gasteiger partial charge on any atom is 0.419 e. The Morgan fingerprint density at radius 1 is 1.10 bits per heavy atom. The first-order valence-corrected chi connectivity index (χ1v) is 10.1. The van der Waals surface area contributed by atoms with Crippen molar-refractivity contribution in [1.82, 2.24) is 19.4 Å². The van der Waals surface area contributed by atoms with Crippen LogP contribution in [0.25, 0.3) is 11.3 Å². The van der Waals surface area contributed by atoms with Crippen LogP contribution in [0.2, 0.25) is 0 Å². The van der Waals surface area contributed by atoms with Gasteiger partial charge < -0.3 is 15.4 Å². The zero-order chi connectivity index (χ0) is 22.2. The highest BCUT2D eigenvalue weighted by Crippen LogP contribution is 2.68. The summed E-state index contributed by atoms with van der Waals surface area (Å²) in [5.41, 5.74) is 4.40. The summed E-state index contributed by atoms with van der Waals surface area (Å²) in [6, 6.07) is 0.910. The number of nitrogen functional groups attached to an aromatic ring is 1. The van der Waals surface area contributed by atoms with Crippen LogP contribution in [-0.4, -0.2) is 49.1 Å². The molecule has 3 aliphatic carbocycles. The van der Waals surface area contributed by atoms with Crippen LogP contribution in [0.4, 0.5) is 27.8 Å². The standard InChI is InChI=1S/C20H22F5N5O/c21-19(22)1-3-29(4-2-19)17-9-18(10-17,11-17)30-7-14(28-15(30)8-31)12-5-13(20(23,24)25)16(26)27-6-12/h5-7,31H,1-4,8-11H2,(H2,26,27). The largest absolute Gasteiger partial charge is 0.419 e. The average molecular weight is 443 g/mol. The number of aromatic nitrogens is 3. The first kappa shape index (κ1) is 20.6. The molecule has 6 rings (SSSR count). The molecule has 0 atom stereocenters. The van der Waals surface area contributed by atoms with E-state index < -0.39 is 23.5 Å². The molecule has 2 aromatic heterocycles. The number of alkyl halides is 5. The minimum atomic E-state index is -4.64. The van der Waals surface area contributed by atoms with Gasteiger partial charge in [0, 0.05) is 49.4 Å². The first-order chi connectivity index (χ1) is 14.5. The summed E-state index contributed by atoms with van der Waals surface area (Å²) in [5.74, 6) is -2.84. The number of hydrogen-bond donors (Lipinski definition) is 2. The number of halogens is 5. The smallest absolute Gasteiger partial charge is 0.388 e. The summed E-state index contributed by atoms with van der Waals surface area (Å²) in [6.45, 7) is 0.365. The summed E-state index contributed by atoms with van der Waals surface area (Å²) in [4.78, 5) is 10.1. The predicted molar refractivity (Wildman–Crippen MR) is 101 cm³/mol. The van der Waals surface area contributed by atoms with Gasteiger partial charge in [0.25, 0.3) is 5.92 Å². The molecule has 1 aliphatic heterocycles. The van der Waals surface area contributed by atoms with Gasteiger partial charge in [-0.25, -0.2) is 18.7 Å². The lowest BCUT2D eigenvalue weighted by atomic mass is 9.43. The molecule has 0 unspecified atom stereocenters. The van der Waals surface area contributed by atoms with Crippen molar-refractivity contribution in [2.75, 3.05) is 18.8 Å². The van der Waals surface area contributed by atoms with Gasteiger partial charge in [-0.1, -0.05) is 0 Å². The zero-order valence-corrected chi connectivity index (χ0v) is 16.6. The van der Waals surface area contributed by atoms with Crippen LogP contribution >= 0.6 is 0 Å². The number of nitrogens with two attached hydrogens (primary N) is 1. The van der Waals surface area contributed by atoms with Crippen molar-refractivity contribution in [3.05, 3.63) is 29.8 Å². The molecule has 0 spiro atoms. The third kappa shape index (κ3) is 3.12. The summed E-state index contributed by atoms with van der Waals surface area (Å²) < 4.78 is 68.4. The molecule has 11 heteroatoms. The molecule has 3 saturated carbocycles. The number of aliphatic hydroxyl groups is 1. The third-order valence-corrected chi connectivity index (χ3v) is 7.09. The lowest BCUT2D eigenvalue weighted by Crippen LogP contribution is -2.79. The molecule has 3 N–H and O–H groups in total. The van der Waals surface area contributed by atoms with Crippen LogP contribution in [-0.2, 0) is 18.3 Å². The Morgan fingerprint density at radius 3 is 2.32 bits per heavy atom. The second kappa shape index (κ2) is 6.38. The van der Waals surface area contributed by atoms with Gasteiger partial charge >= 0.3 is 6.18 Å². The summed E-state index contributed by atoms with van der Waals surface area (Å²) >= 11 is 0. The average Bonchev–Trinajstić information content (AvgIpc) is 3.04. The summed E-state index contributed by atoms with van der Waals surface area (Å²) in [7, 11) is 0. The van der Waals surface area contributed by atoms with E-state index >= 15 is 0 Å². The van der Waals surface area contributed by atoms with Crippen molar-refractivity contribution in [3.63, 3.8) is 0 Å². The Labute approximate surface area is 174 Å². The van der Waals surface area contributed by atoms with Crippen LogP contribution in [0.1, 0.15) is 43.5 Å². The number of pyridine rings is 1. The van der Waals surface area contributed by atoms with Crippen molar-refractivity contribution >= 4 is 5.82 Å². The molecule has 0 amide bonds. The lowest BCUT2D eigenvalue weighted by Gasteiger charge is -2.74. The molecule has 4 aliphatic rings. The van der Waals surface area contributed by atoms with E-state index in [9.17, 15) is 27.1 Å². The Bertz CT molecular complexity index is 1000. The Balaban J connectivity index is 1.38. The molecule has 2 aromatic rings. The highest BCUT2D eigenvalue weighted by molar-refractivity contribution is 5.62. The molecule has 168 valence electrons. The number of hydrogen-bond acceptors (Lipinski definition) is 5. The number of imidazole rings is 1. The summed E-state index contributed by atoms with van der Waals surface area (Å²) in [6.07, 6.45) is 0.227. The highest BCUT2D eigenvalue weighted by atomic mass is 19.4. The predicted octanol–water partition coefficient (Wildman–Crippen LogP) is 3.40. The van der Waals surface area contributed by atoms with Crippen LogP contribution in [0.15, 0.2) is 18.5 Å². The van der Waals surface area contributed by atoms with Crippen molar-refractivity contribution in [2.45, 2.75) is 61.9 Å². The van der Waals surface area contributed by atoms with Crippen molar-refractivity contribution < 1.29 is 27.1 Å². The fourth-order valence-electron chi connectivity index (χ4n) is 5.50. The molecular weight excluding hydrogens is 421 g/mol. The van der Waals surface area contributed by atoms with E-state index in [1.165, 1.54) is 6.20 Å². The Hall–Kier alpha value is -2.27. The molecular formula is C20H22F5N5O. The minimum absolute atomic E-state index is 0.0974. The van der Waals surface area contributed by atoms with Gasteiger partial charge in [0.2, 0.25) is 0 Å². The fraction of sp³-hybridized carbons (Fsp3) is 0.600. The number of piperidine rings is 1. The second-order valence-corrected chi connectivity index (χ2v) is 9.05. The summed E-state index contributed by atoms with van der Waals surface area (Å²) in [5, 5.41) is 9.78. The van der Waals surface area contributed by atoms with E-state index in [1.54, 1.807) is 6.20 Å². The zero-order valence-electron chi connectivity index (χ0n) is 16.6.